The lowest BCUT2D eigenvalue weighted by Crippen LogP contribution is -2.68. The SMILES string of the molecule is [CH2-][N+]1([C@@H]2C[C@@H]3CC([C@H]2C)C3(C)C)CC(=O)OB(/C=C/CO)OC(=O)C1. The zero-order valence-corrected chi connectivity index (χ0v) is 15.3. The van der Waals surface area contributed by atoms with E-state index in [0.717, 1.165) is 6.42 Å². The molecule has 1 N–H and O–H groups in total. The Balaban J connectivity index is 1.77. The minimum atomic E-state index is -1.07. The summed E-state index contributed by atoms with van der Waals surface area (Å²) in [6.07, 6.45) is 3.59. The van der Waals surface area contributed by atoms with Gasteiger partial charge in [-0.25, -0.2) is 9.59 Å². The van der Waals surface area contributed by atoms with E-state index in [4.69, 9.17) is 14.4 Å². The van der Waals surface area contributed by atoms with Gasteiger partial charge in [0.05, 0.1) is 12.6 Å². The number of hydrogen-bond donors (Lipinski definition) is 1. The standard InChI is InChI=1S/C18H28BNO5/c1-12-14-8-13(18(14,2)3)9-15(12)20(4)10-16(22)24-19(6-5-7-21)25-17(23)11-20/h5-6,12-15,21H,4,7-11H2,1-3H3/b6-5+/t12-,13+,14?,15-/m1/s1. The van der Waals surface area contributed by atoms with Crippen LogP contribution in [0.15, 0.2) is 12.1 Å². The van der Waals surface area contributed by atoms with Crippen LogP contribution < -0.4 is 0 Å². The summed E-state index contributed by atoms with van der Waals surface area (Å²) in [4.78, 5) is 24.7. The van der Waals surface area contributed by atoms with Gasteiger partial charge in [-0.1, -0.05) is 26.8 Å². The zero-order valence-electron chi connectivity index (χ0n) is 15.3. The first-order valence-electron chi connectivity index (χ1n) is 9.05. The highest BCUT2D eigenvalue weighted by Gasteiger charge is 2.59. The molecule has 4 fully saturated rings. The Morgan fingerprint density at radius 3 is 2.36 bits per heavy atom. The second-order valence-corrected chi connectivity index (χ2v) is 8.52. The van der Waals surface area contributed by atoms with Gasteiger partial charge in [0.25, 0.3) is 0 Å². The van der Waals surface area contributed by atoms with Crippen molar-refractivity contribution in [3.8, 4) is 0 Å². The Bertz CT molecular complexity index is 570. The van der Waals surface area contributed by atoms with Crippen molar-refractivity contribution < 1.29 is 28.5 Å². The third kappa shape index (κ3) is 3.24. The predicted octanol–water partition coefficient (Wildman–Crippen LogP) is 1.34. The van der Waals surface area contributed by atoms with E-state index < -0.39 is 19.1 Å². The van der Waals surface area contributed by atoms with Gasteiger partial charge in [-0.3, -0.25) is 0 Å². The van der Waals surface area contributed by atoms with Crippen LogP contribution in [-0.2, 0) is 18.9 Å². The van der Waals surface area contributed by atoms with E-state index >= 15 is 0 Å². The van der Waals surface area contributed by atoms with Crippen molar-refractivity contribution in [1.29, 1.82) is 0 Å². The fourth-order valence-electron chi connectivity index (χ4n) is 5.26. The van der Waals surface area contributed by atoms with Crippen molar-refractivity contribution in [2.75, 3.05) is 19.7 Å². The van der Waals surface area contributed by atoms with Gasteiger partial charge in [-0.05, 0) is 29.6 Å². The van der Waals surface area contributed by atoms with E-state index in [1.54, 1.807) is 0 Å². The molecule has 0 aromatic heterocycles. The molecule has 0 aromatic carbocycles. The molecule has 3 saturated carbocycles. The second kappa shape index (κ2) is 6.43. The predicted molar refractivity (Wildman–Crippen MR) is 92.5 cm³/mol. The molecule has 7 heteroatoms. The third-order valence-electron chi connectivity index (χ3n) is 6.80. The van der Waals surface area contributed by atoms with Gasteiger partial charge in [0.2, 0.25) is 0 Å². The highest BCUT2D eigenvalue weighted by molar-refractivity contribution is 6.54. The third-order valence-corrected chi connectivity index (χ3v) is 6.80. The summed E-state index contributed by atoms with van der Waals surface area (Å²) in [5.74, 6) is 2.13. The van der Waals surface area contributed by atoms with Crippen LogP contribution in [0.25, 0.3) is 0 Å². The quantitative estimate of drug-likeness (QED) is 0.473. The number of rotatable bonds is 3. The van der Waals surface area contributed by atoms with E-state index in [1.807, 2.05) is 0 Å². The summed E-state index contributed by atoms with van der Waals surface area (Å²) in [6, 6.07) is 0.154. The molecule has 1 heterocycles. The summed E-state index contributed by atoms with van der Waals surface area (Å²) < 4.78 is 10.6. The number of fused-ring (bicyclic) bond motifs is 2. The van der Waals surface area contributed by atoms with Crippen molar-refractivity contribution in [2.45, 2.75) is 39.7 Å². The molecule has 4 atom stereocenters. The van der Waals surface area contributed by atoms with Crippen molar-refractivity contribution in [3.05, 3.63) is 19.1 Å². The molecular formula is C18H28BNO5. The number of carbonyl (C=O) groups is 2. The first kappa shape index (κ1) is 18.5. The molecule has 1 aliphatic heterocycles. The molecule has 6 nitrogen and oxygen atoms in total. The largest absolute Gasteiger partial charge is 0.628 e. The normalized spacial score (nSPS) is 36.9. The van der Waals surface area contributed by atoms with Gasteiger partial charge in [-0.2, -0.15) is 0 Å². The Kier molecular flexibility index (Phi) is 4.75. The summed E-state index contributed by atoms with van der Waals surface area (Å²) in [5, 5.41) is 8.83. The molecule has 2 bridgehead atoms. The molecule has 0 spiro atoms. The van der Waals surface area contributed by atoms with Gasteiger partial charge in [0.15, 0.2) is 13.1 Å². The minimum Gasteiger partial charge on any atom is -0.491 e. The lowest BCUT2D eigenvalue weighted by atomic mass is 9.44. The first-order chi connectivity index (χ1) is 11.7. The highest BCUT2D eigenvalue weighted by Crippen LogP contribution is 2.62. The van der Waals surface area contributed by atoms with Crippen LogP contribution in [0.3, 0.4) is 0 Å². The summed E-state index contributed by atoms with van der Waals surface area (Å²) in [5.41, 5.74) is 0.332. The Labute approximate surface area is 149 Å². The fourth-order valence-corrected chi connectivity index (χ4v) is 5.26. The monoisotopic (exact) mass is 349 g/mol. The minimum absolute atomic E-state index is 0.0629. The van der Waals surface area contributed by atoms with E-state index in [-0.39, 0.29) is 30.2 Å². The number of quaternary nitrogens is 1. The van der Waals surface area contributed by atoms with Crippen molar-refractivity contribution in [3.63, 3.8) is 0 Å². The maximum Gasteiger partial charge on any atom is 0.628 e. The number of aliphatic hydroxyl groups is 1. The summed E-state index contributed by atoms with van der Waals surface area (Å²) in [6.45, 7) is 6.78. The van der Waals surface area contributed by atoms with Gasteiger partial charge >= 0.3 is 19.1 Å². The van der Waals surface area contributed by atoms with Crippen molar-refractivity contribution >= 4 is 19.1 Å². The molecule has 4 aliphatic rings. The molecule has 3 aliphatic carbocycles. The van der Waals surface area contributed by atoms with Gasteiger partial charge in [0.1, 0.15) is 0 Å². The second-order valence-electron chi connectivity index (χ2n) is 8.52. The number of hydrogen-bond acceptors (Lipinski definition) is 5. The smallest absolute Gasteiger partial charge is 0.491 e. The average Bonchev–Trinajstić information content (AvgIpc) is 2.50. The maximum absolute atomic E-state index is 12.3. The Hall–Kier alpha value is -1.34. The van der Waals surface area contributed by atoms with E-state index in [9.17, 15) is 9.59 Å². The van der Waals surface area contributed by atoms with Crippen molar-refractivity contribution in [2.24, 2.45) is 23.2 Å². The molecule has 0 aromatic rings. The molecule has 138 valence electrons. The van der Waals surface area contributed by atoms with Gasteiger partial charge in [-0.15, -0.1) is 7.05 Å². The summed E-state index contributed by atoms with van der Waals surface area (Å²) >= 11 is 0. The molecular weight excluding hydrogens is 321 g/mol. The Morgan fingerprint density at radius 2 is 1.88 bits per heavy atom. The van der Waals surface area contributed by atoms with Gasteiger partial charge < -0.3 is 18.9 Å². The van der Waals surface area contributed by atoms with E-state index in [2.05, 4.69) is 27.8 Å². The lowest BCUT2D eigenvalue weighted by Gasteiger charge is -2.66. The van der Waals surface area contributed by atoms with Crippen LogP contribution in [-0.4, -0.2) is 54.4 Å². The zero-order chi connectivity index (χ0) is 18.4. The van der Waals surface area contributed by atoms with Crippen LogP contribution in [0, 0.1) is 30.2 Å². The first-order valence-corrected chi connectivity index (χ1v) is 9.05. The van der Waals surface area contributed by atoms with E-state index in [0.29, 0.717) is 23.2 Å². The number of nitrogens with zero attached hydrogens (tertiary/aromatic N) is 1. The summed E-state index contributed by atoms with van der Waals surface area (Å²) in [7, 11) is 3.20. The van der Waals surface area contributed by atoms with Crippen LogP contribution in [0.4, 0.5) is 0 Å². The number of aliphatic hydroxyl groups excluding tert-OH is 1. The molecule has 0 amide bonds. The van der Waals surface area contributed by atoms with Crippen LogP contribution in [0.2, 0.25) is 0 Å². The highest BCUT2D eigenvalue weighted by atomic mass is 16.6. The van der Waals surface area contributed by atoms with Crippen LogP contribution in [0.1, 0.15) is 33.6 Å². The van der Waals surface area contributed by atoms with Gasteiger partial charge in [0, 0.05) is 12.3 Å². The van der Waals surface area contributed by atoms with Crippen LogP contribution in [0.5, 0.6) is 0 Å². The van der Waals surface area contributed by atoms with E-state index in [1.165, 1.54) is 18.5 Å². The lowest BCUT2D eigenvalue weighted by molar-refractivity contribution is -0.904. The molecule has 0 radical (unpaired) electrons. The Morgan fingerprint density at radius 1 is 1.28 bits per heavy atom. The average molecular weight is 349 g/mol. The topological polar surface area (TPSA) is 72.8 Å². The molecule has 1 unspecified atom stereocenters. The number of carbonyl (C=O) groups excluding carboxylic acids is 2. The maximum atomic E-state index is 12.3. The fraction of sp³-hybridized carbons (Fsp3) is 0.722. The molecule has 25 heavy (non-hydrogen) atoms. The van der Waals surface area contributed by atoms with Crippen molar-refractivity contribution in [1.82, 2.24) is 0 Å². The molecule has 4 rings (SSSR count). The van der Waals surface area contributed by atoms with Crippen LogP contribution >= 0.6 is 0 Å². The molecule has 1 saturated heterocycles.